The van der Waals surface area contributed by atoms with Crippen LogP contribution in [0.1, 0.15) is 41.6 Å². The minimum Gasteiger partial charge on any atom is -0.321 e. The lowest BCUT2D eigenvalue weighted by atomic mass is 10.1. The Bertz CT molecular complexity index is 862. The zero-order chi connectivity index (χ0) is 18.0. The smallest absolute Gasteiger partial charge is 0.269 e. The molecule has 0 bridgehead atoms. The van der Waals surface area contributed by atoms with Crippen LogP contribution in [0.4, 0.5) is 5.69 Å². The van der Waals surface area contributed by atoms with Crippen LogP contribution in [0.3, 0.4) is 0 Å². The number of piperidine rings is 1. The van der Waals surface area contributed by atoms with Crippen LogP contribution < -0.4 is 5.32 Å². The molecular formula is C16H20N4O3S2. The molecule has 7 nitrogen and oxygen atoms in total. The Balaban J connectivity index is 1.76. The molecule has 9 heteroatoms. The Labute approximate surface area is 151 Å². The van der Waals surface area contributed by atoms with Crippen LogP contribution in [0.25, 0.3) is 0 Å². The summed E-state index contributed by atoms with van der Waals surface area (Å²) in [6.45, 7) is 4.21. The molecule has 1 fully saturated rings. The Kier molecular flexibility index (Phi) is 5.16. The molecule has 1 amide bonds. The number of aryl methyl sites for hydroxylation is 1. The fraction of sp³-hybridized carbons (Fsp3) is 0.438. The van der Waals surface area contributed by atoms with Crippen molar-refractivity contribution in [3.05, 3.63) is 34.8 Å². The number of nitrogens with one attached hydrogen (secondary N) is 1. The molecule has 134 valence electrons. The molecular weight excluding hydrogens is 360 g/mol. The first-order chi connectivity index (χ1) is 11.9. The highest BCUT2D eigenvalue weighted by Gasteiger charge is 2.30. The maximum atomic E-state index is 12.8. The second-order valence-corrected chi connectivity index (χ2v) is 8.77. The summed E-state index contributed by atoms with van der Waals surface area (Å²) in [5, 5.41) is 6.54. The Morgan fingerprint density at radius 3 is 2.60 bits per heavy atom. The number of amides is 1. The zero-order valence-electron chi connectivity index (χ0n) is 14.1. The van der Waals surface area contributed by atoms with Crippen LogP contribution in [0.5, 0.6) is 0 Å². The summed E-state index contributed by atoms with van der Waals surface area (Å²) in [6, 6.07) is 6.28. The monoisotopic (exact) mass is 380 g/mol. The number of hydrogen-bond acceptors (Lipinski definition) is 6. The van der Waals surface area contributed by atoms with Gasteiger partial charge in [-0.1, -0.05) is 10.9 Å². The molecule has 25 heavy (non-hydrogen) atoms. The van der Waals surface area contributed by atoms with Crippen LogP contribution >= 0.6 is 11.5 Å². The van der Waals surface area contributed by atoms with Gasteiger partial charge < -0.3 is 5.32 Å². The maximum Gasteiger partial charge on any atom is 0.269 e. The van der Waals surface area contributed by atoms with E-state index < -0.39 is 10.0 Å². The maximum absolute atomic E-state index is 12.8. The summed E-state index contributed by atoms with van der Waals surface area (Å²) in [4.78, 5) is 12.8. The van der Waals surface area contributed by atoms with E-state index in [-0.39, 0.29) is 16.8 Å². The van der Waals surface area contributed by atoms with E-state index in [1.165, 1.54) is 12.1 Å². The highest BCUT2D eigenvalue weighted by atomic mass is 32.2. The Morgan fingerprint density at radius 2 is 2.00 bits per heavy atom. The van der Waals surface area contributed by atoms with Gasteiger partial charge in [-0.3, -0.25) is 4.79 Å². The van der Waals surface area contributed by atoms with Crippen LogP contribution in [0.15, 0.2) is 29.2 Å². The first-order valence-corrected chi connectivity index (χ1v) is 10.3. The first-order valence-electron chi connectivity index (χ1n) is 8.12. The van der Waals surface area contributed by atoms with Gasteiger partial charge in [-0.25, -0.2) is 8.42 Å². The van der Waals surface area contributed by atoms with Crippen LogP contribution in [-0.2, 0) is 10.0 Å². The molecule has 2 aromatic rings. The average Bonchev–Trinajstić information content (AvgIpc) is 3.02. The average molecular weight is 380 g/mol. The standard InChI is InChI=1S/C16H20N4O3S2/c1-11-5-3-4-10-20(11)25(22,23)14-8-6-13(7-9-14)17-16(21)15-12(2)18-19-24-15/h6-9,11H,3-5,10H2,1-2H3,(H,17,21). The van der Waals surface area contributed by atoms with E-state index >= 15 is 0 Å². The third-order valence-electron chi connectivity index (χ3n) is 4.32. The van der Waals surface area contributed by atoms with E-state index in [0.29, 0.717) is 22.8 Å². The van der Waals surface area contributed by atoms with Crippen molar-refractivity contribution in [3.63, 3.8) is 0 Å². The third kappa shape index (κ3) is 3.73. The molecule has 1 N–H and O–H groups in total. The number of aromatic nitrogens is 2. The van der Waals surface area contributed by atoms with Crippen LogP contribution in [-0.4, -0.2) is 40.8 Å². The van der Waals surface area contributed by atoms with Crippen LogP contribution in [0.2, 0.25) is 0 Å². The fourth-order valence-electron chi connectivity index (χ4n) is 2.90. The molecule has 1 aromatic heterocycles. The largest absolute Gasteiger partial charge is 0.321 e. The minimum absolute atomic E-state index is 0.0138. The van der Waals surface area contributed by atoms with E-state index in [1.807, 2.05) is 6.92 Å². The quantitative estimate of drug-likeness (QED) is 0.880. The summed E-state index contributed by atoms with van der Waals surface area (Å²) in [6.07, 6.45) is 2.83. The van der Waals surface area contributed by atoms with Crippen molar-refractivity contribution in [3.8, 4) is 0 Å². The van der Waals surface area contributed by atoms with Gasteiger partial charge in [0.05, 0.1) is 10.6 Å². The SMILES string of the molecule is Cc1nnsc1C(=O)Nc1ccc(S(=O)(=O)N2CCCCC2C)cc1. The van der Waals surface area contributed by atoms with Crippen molar-refractivity contribution in [2.24, 2.45) is 0 Å². The lowest BCUT2D eigenvalue weighted by Gasteiger charge is -2.32. The molecule has 0 radical (unpaired) electrons. The number of hydrogen-bond donors (Lipinski definition) is 1. The van der Waals surface area contributed by atoms with Crippen molar-refractivity contribution >= 4 is 33.2 Å². The highest BCUT2D eigenvalue weighted by molar-refractivity contribution is 7.89. The van der Waals surface area contributed by atoms with Gasteiger partial charge in [0.1, 0.15) is 4.88 Å². The van der Waals surface area contributed by atoms with E-state index in [2.05, 4.69) is 14.9 Å². The molecule has 0 saturated carbocycles. The van der Waals surface area contributed by atoms with Gasteiger partial charge in [-0.15, -0.1) is 5.10 Å². The summed E-state index contributed by atoms with van der Waals surface area (Å²) in [5.41, 5.74) is 1.10. The lowest BCUT2D eigenvalue weighted by Crippen LogP contribution is -2.41. The van der Waals surface area contributed by atoms with Crippen molar-refractivity contribution in [2.75, 3.05) is 11.9 Å². The molecule has 1 unspecified atom stereocenters. The molecule has 0 spiro atoms. The molecule has 0 aliphatic carbocycles. The highest BCUT2D eigenvalue weighted by Crippen LogP contribution is 2.26. The number of benzene rings is 1. The van der Waals surface area contributed by atoms with Gasteiger partial charge >= 0.3 is 0 Å². The number of carbonyl (C=O) groups excluding carboxylic acids is 1. The molecule has 2 heterocycles. The Hall–Kier alpha value is -1.84. The van der Waals surface area contributed by atoms with Gasteiger partial charge in [0, 0.05) is 18.3 Å². The van der Waals surface area contributed by atoms with E-state index in [9.17, 15) is 13.2 Å². The molecule has 1 aliphatic rings. The number of carbonyl (C=O) groups is 1. The molecule has 1 aliphatic heterocycles. The van der Waals surface area contributed by atoms with Crippen molar-refractivity contribution in [1.82, 2.24) is 13.9 Å². The molecule has 3 rings (SSSR count). The van der Waals surface area contributed by atoms with Gasteiger partial charge in [0.25, 0.3) is 5.91 Å². The molecule has 1 atom stereocenters. The Morgan fingerprint density at radius 1 is 1.28 bits per heavy atom. The lowest BCUT2D eigenvalue weighted by molar-refractivity contribution is 0.103. The molecule has 1 aromatic carbocycles. The van der Waals surface area contributed by atoms with Gasteiger partial charge in [0.2, 0.25) is 10.0 Å². The summed E-state index contributed by atoms with van der Waals surface area (Å²) < 4.78 is 30.9. The van der Waals surface area contributed by atoms with Gasteiger partial charge in [-0.05, 0) is 62.5 Å². The fourth-order valence-corrected chi connectivity index (χ4v) is 5.15. The van der Waals surface area contributed by atoms with E-state index in [1.54, 1.807) is 23.4 Å². The number of anilines is 1. The van der Waals surface area contributed by atoms with Crippen molar-refractivity contribution in [1.29, 1.82) is 0 Å². The van der Waals surface area contributed by atoms with Gasteiger partial charge in [-0.2, -0.15) is 4.31 Å². The zero-order valence-corrected chi connectivity index (χ0v) is 15.7. The number of rotatable bonds is 4. The summed E-state index contributed by atoms with van der Waals surface area (Å²) in [5.74, 6) is -0.298. The van der Waals surface area contributed by atoms with E-state index in [0.717, 1.165) is 30.8 Å². The normalized spacial score (nSPS) is 18.9. The number of sulfonamides is 1. The predicted octanol–water partition coefficient (Wildman–Crippen LogP) is 2.66. The predicted molar refractivity (Wildman–Crippen MR) is 96.2 cm³/mol. The summed E-state index contributed by atoms with van der Waals surface area (Å²) >= 11 is 1.03. The second kappa shape index (κ2) is 7.19. The summed E-state index contributed by atoms with van der Waals surface area (Å²) in [7, 11) is -3.50. The second-order valence-electron chi connectivity index (χ2n) is 6.13. The van der Waals surface area contributed by atoms with E-state index in [4.69, 9.17) is 0 Å². The van der Waals surface area contributed by atoms with Crippen molar-refractivity contribution < 1.29 is 13.2 Å². The third-order valence-corrected chi connectivity index (χ3v) is 7.17. The molecule has 1 saturated heterocycles. The van der Waals surface area contributed by atoms with Crippen LogP contribution in [0, 0.1) is 6.92 Å². The first kappa shape index (κ1) is 18.0. The minimum atomic E-state index is -3.50. The van der Waals surface area contributed by atoms with Crippen molar-refractivity contribution in [2.45, 2.75) is 44.0 Å². The van der Waals surface area contributed by atoms with Gasteiger partial charge in [0.15, 0.2) is 0 Å². The number of nitrogens with zero attached hydrogens (tertiary/aromatic N) is 3. The topological polar surface area (TPSA) is 92.3 Å².